The van der Waals surface area contributed by atoms with Gasteiger partial charge in [0.1, 0.15) is 29.7 Å². The standard InChI is InChI=1S/C35H37N7O5/c1-22-10-12-23(13-11-22)42-31(19-29(41-42)35(2,3)4)40-34(45)38-27-14-15-28(26-9-7-6-8-25(26)27)47-24-16-17-36-30(18-24)39-32(43)20-37-33(44)21-46-5/h6-19H,20-21H2,1-5H3,(H,37,44)(H,36,39,43)(H2,38,40,45). The number of aryl methyl sites for hydroxylation is 1. The first-order valence-corrected chi connectivity index (χ1v) is 15.0. The van der Waals surface area contributed by atoms with Crippen LogP contribution in [-0.2, 0) is 19.7 Å². The van der Waals surface area contributed by atoms with Crippen LogP contribution >= 0.6 is 0 Å². The molecule has 5 rings (SSSR count). The van der Waals surface area contributed by atoms with E-state index in [4.69, 9.17) is 14.6 Å². The van der Waals surface area contributed by atoms with Crippen LogP contribution in [0.25, 0.3) is 16.5 Å². The van der Waals surface area contributed by atoms with Gasteiger partial charge in [-0.25, -0.2) is 14.5 Å². The third-order valence-corrected chi connectivity index (χ3v) is 7.08. The second kappa shape index (κ2) is 14.1. The second-order valence-electron chi connectivity index (χ2n) is 11.9. The van der Waals surface area contributed by atoms with Crippen molar-refractivity contribution in [2.45, 2.75) is 33.1 Å². The molecule has 0 radical (unpaired) electrons. The van der Waals surface area contributed by atoms with Gasteiger partial charge in [0.15, 0.2) is 0 Å². The summed E-state index contributed by atoms with van der Waals surface area (Å²) >= 11 is 0. The number of carbonyl (C=O) groups is 3. The number of carbonyl (C=O) groups excluding carboxylic acids is 3. The highest BCUT2D eigenvalue weighted by atomic mass is 16.5. The van der Waals surface area contributed by atoms with Gasteiger partial charge in [0.05, 0.1) is 23.6 Å². The summed E-state index contributed by atoms with van der Waals surface area (Å²) in [7, 11) is 1.40. The summed E-state index contributed by atoms with van der Waals surface area (Å²) < 4.78 is 12.7. The molecule has 4 N–H and O–H groups in total. The quantitative estimate of drug-likeness (QED) is 0.144. The second-order valence-corrected chi connectivity index (χ2v) is 11.9. The van der Waals surface area contributed by atoms with E-state index >= 15 is 0 Å². The summed E-state index contributed by atoms with van der Waals surface area (Å²) in [6, 6.07) is 23.7. The number of pyridine rings is 1. The molecule has 242 valence electrons. The molecule has 0 fully saturated rings. The van der Waals surface area contributed by atoms with Gasteiger partial charge in [-0.05, 0) is 37.3 Å². The van der Waals surface area contributed by atoms with Gasteiger partial charge in [0.25, 0.3) is 0 Å². The number of nitrogens with one attached hydrogen (secondary N) is 4. The Morgan fingerprint density at radius 1 is 0.851 bits per heavy atom. The molecule has 0 saturated heterocycles. The van der Waals surface area contributed by atoms with Crippen LogP contribution in [0.5, 0.6) is 11.5 Å². The summed E-state index contributed by atoms with van der Waals surface area (Å²) in [6.07, 6.45) is 1.50. The number of hydrogen-bond donors (Lipinski definition) is 4. The Bertz CT molecular complexity index is 1910. The van der Waals surface area contributed by atoms with Crippen molar-refractivity contribution in [1.29, 1.82) is 0 Å². The van der Waals surface area contributed by atoms with Crippen LogP contribution in [0.1, 0.15) is 32.0 Å². The molecule has 0 unspecified atom stereocenters. The molecule has 5 aromatic rings. The van der Waals surface area contributed by atoms with Crippen molar-refractivity contribution in [2.24, 2.45) is 0 Å². The fourth-order valence-corrected chi connectivity index (χ4v) is 4.68. The highest BCUT2D eigenvalue weighted by molar-refractivity contribution is 6.07. The molecule has 47 heavy (non-hydrogen) atoms. The first kappa shape index (κ1) is 32.6. The topological polar surface area (TPSA) is 148 Å². The molecule has 4 amide bonds. The smallest absolute Gasteiger partial charge is 0.324 e. The first-order chi connectivity index (χ1) is 22.5. The number of rotatable bonds is 10. The Morgan fingerprint density at radius 2 is 1.60 bits per heavy atom. The van der Waals surface area contributed by atoms with Crippen molar-refractivity contribution in [2.75, 3.05) is 36.2 Å². The molecule has 0 aliphatic rings. The maximum atomic E-state index is 13.4. The Kier molecular flexibility index (Phi) is 9.81. The van der Waals surface area contributed by atoms with E-state index in [-0.39, 0.29) is 24.4 Å². The van der Waals surface area contributed by atoms with Gasteiger partial charge in [0.2, 0.25) is 11.8 Å². The highest BCUT2D eigenvalue weighted by Gasteiger charge is 2.22. The van der Waals surface area contributed by atoms with E-state index in [0.29, 0.717) is 23.0 Å². The van der Waals surface area contributed by atoms with Gasteiger partial charge >= 0.3 is 6.03 Å². The van der Waals surface area contributed by atoms with E-state index in [1.54, 1.807) is 28.9 Å². The largest absolute Gasteiger partial charge is 0.457 e. The Balaban J connectivity index is 1.32. The molecular weight excluding hydrogens is 598 g/mol. The number of fused-ring (bicyclic) bond motifs is 1. The van der Waals surface area contributed by atoms with E-state index in [0.717, 1.165) is 27.7 Å². The zero-order chi connectivity index (χ0) is 33.6. The van der Waals surface area contributed by atoms with Crippen molar-refractivity contribution in [1.82, 2.24) is 20.1 Å². The number of anilines is 3. The molecule has 2 aromatic heterocycles. The number of methoxy groups -OCH3 is 1. The van der Waals surface area contributed by atoms with Crippen molar-refractivity contribution in [3.05, 3.63) is 96.3 Å². The van der Waals surface area contributed by atoms with Crippen LogP contribution in [0.3, 0.4) is 0 Å². The summed E-state index contributed by atoms with van der Waals surface area (Å²) in [5, 5.41) is 17.4. The summed E-state index contributed by atoms with van der Waals surface area (Å²) in [6.45, 7) is 7.87. The van der Waals surface area contributed by atoms with Crippen molar-refractivity contribution in [3.63, 3.8) is 0 Å². The molecule has 12 heteroatoms. The molecule has 12 nitrogen and oxygen atoms in total. The molecule has 0 saturated carbocycles. The Morgan fingerprint density at radius 3 is 2.32 bits per heavy atom. The zero-order valence-electron chi connectivity index (χ0n) is 26.9. The predicted octanol–water partition coefficient (Wildman–Crippen LogP) is 6.16. The number of urea groups is 1. The van der Waals surface area contributed by atoms with E-state index in [1.165, 1.54) is 13.3 Å². The maximum absolute atomic E-state index is 13.4. The monoisotopic (exact) mass is 635 g/mol. The summed E-state index contributed by atoms with van der Waals surface area (Å²) in [4.78, 5) is 41.4. The molecular formula is C35H37N7O5. The molecule has 0 spiro atoms. The molecule has 0 aliphatic heterocycles. The van der Waals surface area contributed by atoms with Crippen LogP contribution < -0.4 is 26.0 Å². The number of nitrogens with zero attached hydrogens (tertiary/aromatic N) is 3. The molecule has 0 atom stereocenters. The predicted molar refractivity (Wildman–Crippen MR) is 181 cm³/mol. The lowest BCUT2D eigenvalue weighted by Gasteiger charge is -2.15. The van der Waals surface area contributed by atoms with Crippen molar-refractivity contribution in [3.8, 4) is 17.2 Å². The van der Waals surface area contributed by atoms with Gasteiger partial charge in [-0.1, -0.05) is 62.7 Å². The molecule has 0 bridgehead atoms. The number of ether oxygens (including phenoxy) is 2. The number of benzene rings is 3. The van der Waals surface area contributed by atoms with E-state index in [9.17, 15) is 14.4 Å². The van der Waals surface area contributed by atoms with Gasteiger partial charge in [-0.15, -0.1) is 0 Å². The Labute approximate surface area is 272 Å². The normalized spacial score (nSPS) is 11.2. The lowest BCUT2D eigenvalue weighted by atomic mass is 9.92. The SMILES string of the molecule is COCC(=O)NCC(=O)Nc1cc(Oc2ccc(NC(=O)Nc3cc(C(C)(C)C)nn3-c3ccc(C)cc3)c3ccccc23)ccn1. The minimum Gasteiger partial charge on any atom is -0.457 e. The molecule has 2 heterocycles. The molecule has 0 aliphatic carbocycles. The minimum atomic E-state index is -0.449. The van der Waals surface area contributed by atoms with Gasteiger partial charge < -0.3 is 25.4 Å². The van der Waals surface area contributed by atoms with Gasteiger partial charge in [-0.2, -0.15) is 5.10 Å². The Hall–Kier alpha value is -5.75. The lowest BCUT2D eigenvalue weighted by Crippen LogP contribution is -2.35. The van der Waals surface area contributed by atoms with Crippen molar-refractivity contribution >= 4 is 45.9 Å². The highest BCUT2D eigenvalue weighted by Crippen LogP contribution is 2.35. The van der Waals surface area contributed by atoms with Crippen molar-refractivity contribution < 1.29 is 23.9 Å². The van der Waals surface area contributed by atoms with E-state index < -0.39 is 17.8 Å². The summed E-state index contributed by atoms with van der Waals surface area (Å²) in [5.41, 5.74) is 3.16. The van der Waals surface area contributed by atoms with Gasteiger partial charge in [-0.3, -0.25) is 14.9 Å². The first-order valence-electron chi connectivity index (χ1n) is 15.0. The number of aromatic nitrogens is 3. The zero-order valence-corrected chi connectivity index (χ0v) is 26.9. The average molecular weight is 636 g/mol. The average Bonchev–Trinajstić information content (AvgIpc) is 3.46. The lowest BCUT2D eigenvalue weighted by molar-refractivity contribution is -0.127. The fraction of sp³-hybridized carbons (Fsp3) is 0.229. The maximum Gasteiger partial charge on any atom is 0.324 e. The van der Waals surface area contributed by atoms with E-state index in [1.807, 2.05) is 61.5 Å². The third kappa shape index (κ3) is 8.30. The fourth-order valence-electron chi connectivity index (χ4n) is 4.68. The van der Waals surface area contributed by atoms with E-state index in [2.05, 4.69) is 47.0 Å². The summed E-state index contributed by atoms with van der Waals surface area (Å²) in [5.74, 6) is 0.912. The van der Waals surface area contributed by atoms with Gasteiger partial charge in [0, 0.05) is 41.6 Å². The molecule has 3 aromatic carbocycles. The van der Waals surface area contributed by atoms with Crippen LogP contribution in [0.2, 0.25) is 0 Å². The number of hydrogen-bond acceptors (Lipinski definition) is 7. The van der Waals surface area contributed by atoms with Crippen LogP contribution in [0.15, 0.2) is 85.1 Å². The number of amides is 4. The van der Waals surface area contributed by atoms with Crippen LogP contribution in [0.4, 0.5) is 22.1 Å². The van der Waals surface area contributed by atoms with Crippen LogP contribution in [0, 0.1) is 6.92 Å². The minimum absolute atomic E-state index is 0.139. The third-order valence-electron chi connectivity index (χ3n) is 7.08. The van der Waals surface area contributed by atoms with Crippen LogP contribution in [-0.4, -0.2) is 52.9 Å².